The number of carboxylic acids is 2. The van der Waals surface area contributed by atoms with Gasteiger partial charge in [-0.05, 0) is 30.0 Å². The normalized spacial score (nSPS) is 17.9. The highest BCUT2D eigenvalue weighted by molar-refractivity contribution is 8.01. The Balaban J connectivity index is 1.20. The minimum absolute atomic E-state index is 0.0210. The summed E-state index contributed by atoms with van der Waals surface area (Å²) in [6, 6.07) is 3.72. The first-order valence-electron chi connectivity index (χ1n) is 12.9. The number of thioether (sulfide) groups is 2. The number of aromatic carboxylic acids is 1. The first kappa shape index (κ1) is 31.1. The van der Waals surface area contributed by atoms with E-state index in [9.17, 15) is 34.2 Å². The number of thiazole rings is 1. The number of carboxylic acid groups (broad SMARTS) is 2. The number of anilines is 1. The number of nitrogens with one attached hydrogen (secondary N) is 1. The molecule has 2 amide bonds. The fraction of sp³-hybridized carbons (Fsp3) is 0.200. The van der Waals surface area contributed by atoms with Crippen molar-refractivity contribution in [3.63, 3.8) is 0 Å². The maximum absolute atomic E-state index is 13.3. The fourth-order valence-electron chi connectivity index (χ4n) is 4.44. The molecule has 6 heterocycles. The van der Waals surface area contributed by atoms with Crippen molar-refractivity contribution in [2.24, 2.45) is 5.16 Å². The molecule has 4 aromatic heterocycles. The van der Waals surface area contributed by atoms with Gasteiger partial charge >= 0.3 is 17.9 Å². The number of nitrogens with two attached hydrogens (primary N) is 1. The number of thiophene rings is 1. The van der Waals surface area contributed by atoms with Crippen LogP contribution in [0.15, 0.2) is 50.4 Å². The van der Waals surface area contributed by atoms with Crippen LogP contribution in [0.2, 0.25) is 0 Å². The van der Waals surface area contributed by atoms with E-state index in [-0.39, 0.29) is 38.7 Å². The maximum Gasteiger partial charge on any atom is 0.375 e. The molecular formula is C25H19N9O8S4. The molecule has 5 N–H and O–H groups in total. The zero-order chi connectivity index (χ0) is 32.7. The van der Waals surface area contributed by atoms with Crippen molar-refractivity contribution in [3.8, 4) is 0 Å². The molecule has 2 aliphatic heterocycles. The smallest absolute Gasteiger partial charge is 0.375 e. The number of rotatable bonds is 10. The van der Waals surface area contributed by atoms with Gasteiger partial charge in [-0.15, -0.1) is 51.3 Å². The summed E-state index contributed by atoms with van der Waals surface area (Å²) in [6.07, 6.45) is 0. The summed E-state index contributed by atoms with van der Waals surface area (Å²) in [6.45, 7) is 1.70. The summed E-state index contributed by atoms with van der Waals surface area (Å²) in [5.41, 5.74) is 6.10. The van der Waals surface area contributed by atoms with Gasteiger partial charge < -0.3 is 26.1 Å². The first-order valence-corrected chi connectivity index (χ1v) is 16.7. The van der Waals surface area contributed by atoms with Crippen molar-refractivity contribution < 1.29 is 39.0 Å². The van der Waals surface area contributed by atoms with Crippen LogP contribution in [0.1, 0.15) is 31.7 Å². The molecule has 6 rings (SSSR count). The van der Waals surface area contributed by atoms with E-state index in [1.807, 2.05) is 0 Å². The predicted molar refractivity (Wildman–Crippen MR) is 166 cm³/mol. The molecule has 0 spiro atoms. The Kier molecular flexibility index (Phi) is 8.46. The quantitative estimate of drug-likeness (QED) is 0.0455. The van der Waals surface area contributed by atoms with Gasteiger partial charge in [0.05, 0.1) is 0 Å². The lowest BCUT2D eigenvalue weighted by molar-refractivity contribution is -0.150. The molecule has 2 atom stereocenters. The lowest BCUT2D eigenvalue weighted by atomic mass is 10.0. The molecule has 236 valence electrons. The van der Waals surface area contributed by atoms with Crippen LogP contribution in [0.25, 0.3) is 5.78 Å². The van der Waals surface area contributed by atoms with E-state index >= 15 is 0 Å². The Morgan fingerprint density at radius 2 is 2.00 bits per heavy atom. The van der Waals surface area contributed by atoms with Gasteiger partial charge in [0.15, 0.2) is 10.8 Å². The van der Waals surface area contributed by atoms with Crippen LogP contribution in [0.4, 0.5) is 5.13 Å². The topological polar surface area (TPSA) is 245 Å². The number of fused-ring (bicyclic) bond motifs is 2. The number of aromatic nitrogens is 5. The molecule has 4 aromatic rings. The number of oxime groups is 1. The second kappa shape index (κ2) is 12.5. The van der Waals surface area contributed by atoms with E-state index < -0.39 is 52.7 Å². The molecule has 0 bridgehead atoms. The average Bonchev–Trinajstić information content (AvgIpc) is 3.79. The SMILES string of the molecule is Cc1cc(SCC2=C(C(=O)O)N3C(=O)[C@@H](NC(=O)/C(=N\OC(=O)c4cccs4)c4csc(N)n4)[C@H]3SC2)n2nc(C(=O)O)nc2n1. The molecule has 0 saturated carbocycles. The Labute approximate surface area is 273 Å². The molecular weight excluding hydrogens is 683 g/mol. The Hall–Kier alpha value is -4.86. The van der Waals surface area contributed by atoms with Crippen LogP contribution in [0.3, 0.4) is 0 Å². The van der Waals surface area contributed by atoms with E-state index in [0.29, 0.717) is 16.3 Å². The highest BCUT2D eigenvalue weighted by Gasteiger charge is 2.54. The lowest BCUT2D eigenvalue weighted by Crippen LogP contribution is -2.71. The molecule has 46 heavy (non-hydrogen) atoms. The number of hydrogen-bond acceptors (Lipinski definition) is 16. The molecule has 0 unspecified atom stereocenters. The number of β-lactam (4-membered cyclic amide) rings is 1. The third kappa shape index (κ3) is 5.91. The van der Waals surface area contributed by atoms with Crippen molar-refractivity contribution >= 4 is 92.5 Å². The number of amides is 2. The highest BCUT2D eigenvalue weighted by Crippen LogP contribution is 2.41. The second-order valence-electron chi connectivity index (χ2n) is 9.46. The Morgan fingerprint density at radius 1 is 1.20 bits per heavy atom. The molecule has 1 fully saturated rings. The summed E-state index contributed by atoms with van der Waals surface area (Å²) in [4.78, 5) is 81.1. The van der Waals surface area contributed by atoms with Crippen molar-refractivity contribution in [2.75, 3.05) is 17.2 Å². The fourth-order valence-corrected chi connectivity index (χ4v) is 8.12. The van der Waals surface area contributed by atoms with Crippen LogP contribution in [-0.2, 0) is 19.2 Å². The predicted octanol–water partition coefficient (Wildman–Crippen LogP) is 1.32. The van der Waals surface area contributed by atoms with Crippen LogP contribution in [-0.4, -0.2) is 98.0 Å². The molecule has 21 heteroatoms. The average molecular weight is 702 g/mol. The van der Waals surface area contributed by atoms with E-state index in [4.69, 9.17) is 10.6 Å². The van der Waals surface area contributed by atoms with Crippen LogP contribution >= 0.6 is 46.2 Å². The van der Waals surface area contributed by atoms with E-state index in [2.05, 4.69) is 30.5 Å². The Morgan fingerprint density at radius 3 is 2.67 bits per heavy atom. The minimum atomic E-state index is -1.33. The number of nitrogen functional groups attached to an aromatic ring is 1. The van der Waals surface area contributed by atoms with E-state index in [0.717, 1.165) is 27.6 Å². The van der Waals surface area contributed by atoms with Gasteiger partial charge in [-0.1, -0.05) is 11.2 Å². The van der Waals surface area contributed by atoms with Crippen LogP contribution in [0.5, 0.6) is 0 Å². The molecule has 17 nitrogen and oxygen atoms in total. The van der Waals surface area contributed by atoms with Crippen molar-refractivity contribution in [2.45, 2.75) is 23.4 Å². The summed E-state index contributed by atoms with van der Waals surface area (Å²) in [7, 11) is 0. The van der Waals surface area contributed by atoms with Gasteiger partial charge in [-0.2, -0.15) is 9.50 Å². The number of aliphatic carboxylic acids is 1. The van der Waals surface area contributed by atoms with Crippen LogP contribution < -0.4 is 11.1 Å². The van der Waals surface area contributed by atoms with Crippen molar-refractivity contribution in [1.29, 1.82) is 0 Å². The summed E-state index contributed by atoms with van der Waals surface area (Å²) >= 11 is 4.57. The first-order chi connectivity index (χ1) is 22.0. The molecule has 0 radical (unpaired) electrons. The minimum Gasteiger partial charge on any atom is -0.477 e. The van der Waals surface area contributed by atoms with Crippen molar-refractivity contribution in [1.82, 2.24) is 34.8 Å². The largest absolute Gasteiger partial charge is 0.477 e. The van der Waals surface area contributed by atoms with Crippen molar-refractivity contribution in [3.05, 3.63) is 62.3 Å². The standard InChI is InChI=1S/C25H19N9O8S4/c1-9-5-13(34-25(27-9)30-17(31-34)22(39)40)44-6-10-7-45-20-15(19(36)33(20)16(10)21(37)38)29-18(35)14(11-8-46-24(26)28-11)32-42-23(41)12-3-2-4-43-12/h2-5,8,15,20H,6-7H2,1H3,(H2,26,28)(H,29,35)(H,37,38)(H,39,40)/b32-14-/t15-,20-/m1/s1. The van der Waals surface area contributed by atoms with Gasteiger partial charge in [0.25, 0.3) is 23.4 Å². The molecule has 0 aliphatic carbocycles. The lowest BCUT2D eigenvalue weighted by Gasteiger charge is -2.49. The van der Waals surface area contributed by atoms with E-state index in [1.165, 1.54) is 39.5 Å². The summed E-state index contributed by atoms with van der Waals surface area (Å²) in [5.74, 6) is -5.02. The van der Waals surface area contributed by atoms with Crippen LogP contribution in [0, 0.1) is 6.92 Å². The van der Waals surface area contributed by atoms with Gasteiger partial charge in [0.2, 0.25) is 0 Å². The number of aryl methyl sites for hydroxylation is 1. The number of nitrogens with zero attached hydrogens (tertiary/aromatic N) is 7. The van der Waals surface area contributed by atoms with Gasteiger partial charge in [0, 0.05) is 22.6 Å². The number of carbonyl (C=O) groups excluding carboxylic acids is 3. The second-order valence-corrected chi connectivity index (χ2v) is 13.4. The zero-order valence-corrected chi connectivity index (χ0v) is 26.4. The van der Waals surface area contributed by atoms with Gasteiger partial charge in [-0.3, -0.25) is 14.5 Å². The third-order valence-electron chi connectivity index (χ3n) is 6.45. The number of carbonyl (C=O) groups is 5. The summed E-state index contributed by atoms with van der Waals surface area (Å²) < 4.78 is 1.26. The molecule has 0 aromatic carbocycles. The van der Waals surface area contributed by atoms with E-state index in [1.54, 1.807) is 24.4 Å². The third-order valence-corrected chi connectivity index (χ3v) is 10.4. The zero-order valence-electron chi connectivity index (χ0n) is 23.1. The summed E-state index contributed by atoms with van der Waals surface area (Å²) in [5, 5.41) is 32.6. The van der Waals surface area contributed by atoms with Gasteiger partial charge in [-0.25, -0.2) is 24.4 Å². The molecule has 2 aliphatic rings. The number of hydrogen-bond donors (Lipinski definition) is 4. The van der Waals surface area contributed by atoms with Gasteiger partial charge in [0.1, 0.15) is 32.7 Å². The highest BCUT2D eigenvalue weighted by atomic mass is 32.2. The monoisotopic (exact) mass is 701 g/mol. The molecule has 1 saturated heterocycles. The Bertz CT molecular complexity index is 1990. The maximum atomic E-state index is 13.3.